The molecule has 20 heavy (non-hydrogen) atoms. The van der Waals surface area contributed by atoms with Crippen molar-refractivity contribution in [3.8, 4) is 6.07 Å². The fraction of sp³-hybridized carbons (Fsp3) is 0.385. The average Bonchev–Trinajstić information content (AvgIpc) is 2.89. The summed E-state index contributed by atoms with van der Waals surface area (Å²) >= 11 is 8.67. The van der Waals surface area contributed by atoms with Gasteiger partial charge in [0.1, 0.15) is 21.1 Å². The lowest BCUT2D eigenvalue weighted by atomic mass is 9.95. The molecule has 0 N–H and O–H groups in total. The summed E-state index contributed by atoms with van der Waals surface area (Å²) < 4.78 is 4.41. The first-order valence-electron chi connectivity index (χ1n) is 6.30. The van der Waals surface area contributed by atoms with Crippen LogP contribution < -0.4 is 0 Å². The predicted molar refractivity (Wildman–Crippen MR) is 80.1 cm³/mol. The Hall–Kier alpha value is -1.16. The minimum absolute atomic E-state index is 0.593. The molecule has 102 valence electrons. The summed E-state index contributed by atoms with van der Waals surface area (Å²) in [6.07, 6.45) is 4.40. The first-order valence-corrected chi connectivity index (χ1v) is 8.44. The van der Waals surface area contributed by atoms with Crippen LogP contribution in [0, 0.1) is 11.3 Å². The Kier molecular flexibility index (Phi) is 4.20. The van der Waals surface area contributed by atoms with Gasteiger partial charge in [0.15, 0.2) is 0 Å². The highest BCUT2D eigenvalue weighted by atomic mass is 35.5. The van der Waals surface area contributed by atoms with E-state index in [1.54, 1.807) is 0 Å². The largest absolute Gasteiger partial charge is 0.245 e. The van der Waals surface area contributed by atoms with E-state index in [0.29, 0.717) is 15.7 Å². The van der Waals surface area contributed by atoms with Crippen molar-refractivity contribution in [3.05, 3.63) is 32.9 Å². The molecular formula is C13H11ClN4S2. The number of hydrogen-bond donors (Lipinski definition) is 0. The maximum Gasteiger partial charge on any atom is 0.138 e. The molecule has 1 aliphatic carbocycles. The van der Waals surface area contributed by atoms with Gasteiger partial charge in [0.2, 0.25) is 0 Å². The van der Waals surface area contributed by atoms with E-state index in [4.69, 9.17) is 11.6 Å². The summed E-state index contributed by atoms with van der Waals surface area (Å²) in [5.41, 5.74) is 3.77. The van der Waals surface area contributed by atoms with Crippen molar-refractivity contribution in [2.45, 2.75) is 36.5 Å². The third-order valence-corrected chi connectivity index (χ3v) is 5.23. The minimum atomic E-state index is 0.593. The van der Waals surface area contributed by atoms with Gasteiger partial charge in [0.25, 0.3) is 0 Å². The highest BCUT2D eigenvalue weighted by molar-refractivity contribution is 7.98. The van der Waals surface area contributed by atoms with Gasteiger partial charge in [0, 0.05) is 23.0 Å². The smallest absolute Gasteiger partial charge is 0.138 e. The van der Waals surface area contributed by atoms with Crippen molar-refractivity contribution >= 4 is 34.9 Å². The number of nitriles is 1. The first kappa shape index (κ1) is 13.8. The van der Waals surface area contributed by atoms with Crippen LogP contribution in [-0.2, 0) is 18.6 Å². The van der Waals surface area contributed by atoms with Gasteiger partial charge in [-0.3, -0.25) is 0 Å². The van der Waals surface area contributed by atoms with Crippen molar-refractivity contribution in [2.24, 2.45) is 0 Å². The molecule has 0 aromatic carbocycles. The van der Waals surface area contributed by atoms with Crippen molar-refractivity contribution < 1.29 is 0 Å². The number of thioether (sulfide) groups is 1. The highest BCUT2D eigenvalue weighted by Gasteiger charge is 2.16. The molecular weight excluding hydrogens is 312 g/mol. The monoisotopic (exact) mass is 322 g/mol. The Bertz CT molecular complexity index is 677. The number of rotatable bonds is 3. The lowest BCUT2D eigenvalue weighted by Gasteiger charge is -2.16. The summed E-state index contributed by atoms with van der Waals surface area (Å²) in [6.45, 7) is 0. The van der Waals surface area contributed by atoms with Crippen molar-refractivity contribution in [3.63, 3.8) is 0 Å². The molecule has 0 saturated heterocycles. The summed E-state index contributed by atoms with van der Waals surface area (Å²) in [6, 6.07) is 4.23. The van der Waals surface area contributed by atoms with Crippen molar-refractivity contribution in [2.75, 3.05) is 0 Å². The van der Waals surface area contributed by atoms with Gasteiger partial charge in [-0.1, -0.05) is 27.9 Å². The molecule has 0 amide bonds. The molecule has 0 aliphatic heterocycles. The second-order valence-corrected chi connectivity index (χ2v) is 6.87. The molecule has 0 atom stereocenters. The Morgan fingerprint density at radius 1 is 1.40 bits per heavy atom. The second kappa shape index (κ2) is 6.08. The van der Waals surface area contributed by atoms with Crippen LogP contribution in [0.1, 0.15) is 35.4 Å². The molecule has 2 aromatic heterocycles. The van der Waals surface area contributed by atoms with Crippen LogP contribution >= 0.6 is 34.9 Å². The van der Waals surface area contributed by atoms with E-state index in [-0.39, 0.29) is 0 Å². The van der Waals surface area contributed by atoms with Crippen LogP contribution in [0.4, 0.5) is 0 Å². The topological polar surface area (TPSA) is 62.5 Å². The van der Waals surface area contributed by atoms with Gasteiger partial charge in [-0.25, -0.2) is 4.98 Å². The minimum Gasteiger partial charge on any atom is -0.245 e. The zero-order valence-corrected chi connectivity index (χ0v) is 13.0. The van der Waals surface area contributed by atoms with Gasteiger partial charge in [-0.15, -0.1) is 5.10 Å². The van der Waals surface area contributed by atoms with E-state index in [0.717, 1.165) is 29.3 Å². The van der Waals surface area contributed by atoms with E-state index in [9.17, 15) is 5.26 Å². The van der Waals surface area contributed by atoms with Crippen LogP contribution in [-0.4, -0.2) is 14.6 Å². The molecule has 0 spiro atoms. The molecule has 0 bridgehead atoms. The molecule has 7 heteroatoms. The Morgan fingerprint density at radius 2 is 2.25 bits per heavy atom. The number of pyridine rings is 1. The molecule has 3 rings (SSSR count). The van der Waals surface area contributed by atoms with Gasteiger partial charge < -0.3 is 0 Å². The van der Waals surface area contributed by atoms with E-state index in [1.165, 1.54) is 41.7 Å². The van der Waals surface area contributed by atoms with Crippen LogP contribution in [0.15, 0.2) is 11.1 Å². The number of fused-ring (bicyclic) bond motifs is 1. The number of nitrogens with zero attached hydrogens (tertiary/aromatic N) is 4. The molecule has 0 saturated carbocycles. The van der Waals surface area contributed by atoms with Crippen LogP contribution in [0.3, 0.4) is 0 Å². The molecule has 0 radical (unpaired) electrons. The molecule has 1 aliphatic rings. The second-order valence-electron chi connectivity index (χ2n) is 4.55. The summed E-state index contributed by atoms with van der Waals surface area (Å²) in [5.74, 6) is 0.593. The number of aromatic nitrogens is 3. The standard InChI is InChI=1S/C13H11ClN4S2/c14-12-11(17-18-20-12)7-19-13-9(6-15)5-8-3-1-2-4-10(8)16-13/h5H,1-4,7H2. The van der Waals surface area contributed by atoms with Crippen molar-refractivity contribution in [1.82, 2.24) is 14.6 Å². The SMILES string of the molecule is N#Cc1cc2c(nc1SCc1nnsc1Cl)CCCC2. The molecule has 2 heterocycles. The Labute approximate surface area is 130 Å². The van der Waals surface area contributed by atoms with Crippen molar-refractivity contribution in [1.29, 1.82) is 5.26 Å². The lowest BCUT2D eigenvalue weighted by molar-refractivity contribution is 0.660. The molecule has 4 nitrogen and oxygen atoms in total. The fourth-order valence-electron chi connectivity index (χ4n) is 2.22. The molecule has 2 aromatic rings. The zero-order chi connectivity index (χ0) is 13.9. The fourth-order valence-corrected chi connectivity index (χ4v) is 3.93. The third kappa shape index (κ3) is 2.80. The van der Waals surface area contributed by atoms with Crippen LogP contribution in [0.2, 0.25) is 4.34 Å². The quantitative estimate of drug-likeness (QED) is 0.807. The van der Waals surface area contributed by atoms with E-state index in [1.807, 2.05) is 6.07 Å². The summed E-state index contributed by atoms with van der Waals surface area (Å²) in [7, 11) is 0. The van der Waals surface area contributed by atoms with Crippen LogP contribution in [0.25, 0.3) is 0 Å². The molecule has 0 unspecified atom stereocenters. The summed E-state index contributed by atoms with van der Waals surface area (Å²) in [5, 5.41) is 14.0. The zero-order valence-electron chi connectivity index (χ0n) is 10.6. The number of aryl methyl sites for hydroxylation is 2. The first-order chi connectivity index (χ1) is 9.78. The normalized spacial score (nSPS) is 13.8. The Morgan fingerprint density at radius 3 is 3.00 bits per heavy atom. The predicted octanol–water partition coefficient (Wildman–Crippen LogP) is 3.63. The lowest BCUT2D eigenvalue weighted by Crippen LogP contribution is -2.07. The van der Waals surface area contributed by atoms with E-state index in [2.05, 4.69) is 20.6 Å². The van der Waals surface area contributed by atoms with Gasteiger partial charge in [0.05, 0.1) is 5.56 Å². The van der Waals surface area contributed by atoms with Gasteiger partial charge >= 0.3 is 0 Å². The maximum absolute atomic E-state index is 9.28. The molecule has 0 fully saturated rings. The van der Waals surface area contributed by atoms with E-state index < -0.39 is 0 Å². The van der Waals surface area contributed by atoms with Gasteiger partial charge in [-0.2, -0.15) is 5.26 Å². The van der Waals surface area contributed by atoms with Crippen LogP contribution in [0.5, 0.6) is 0 Å². The summed E-state index contributed by atoms with van der Waals surface area (Å²) in [4.78, 5) is 4.67. The highest BCUT2D eigenvalue weighted by Crippen LogP contribution is 2.30. The third-order valence-electron chi connectivity index (χ3n) is 3.24. The maximum atomic E-state index is 9.28. The number of halogens is 1. The van der Waals surface area contributed by atoms with Gasteiger partial charge in [-0.05, 0) is 37.3 Å². The average molecular weight is 323 g/mol. The number of hydrogen-bond acceptors (Lipinski definition) is 6. The van der Waals surface area contributed by atoms with E-state index >= 15 is 0 Å². The Balaban J connectivity index is 1.85.